The van der Waals surface area contributed by atoms with Crippen molar-refractivity contribution in [3.63, 3.8) is 0 Å². The summed E-state index contributed by atoms with van der Waals surface area (Å²) in [4.78, 5) is 0. The predicted octanol–water partition coefficient (Wildman–Crippen LogP) is 23.9. The molecule has 0 aliphatic carbocycles. The van der Waals surface area contributed by atoms with E-state index in [1.165, 1.54) is 0 Å². The first-order valence-electron chi connectivity index (χ1n) is 51.9. The Labute approximate surface area is 569 Å². The average Bonchev–Trinajstić information content (AvgIpc) is 1.62. The van der Waals surface area contributed by atoms with Crippen molar-refractivity contribution in [3.05, 3.63) is 326 Å². The molecule has 396 valence electrons. The first-order valence-corrected chi connectivity index (χ1v) is 24.9. The average molecular weight is 1130 g/mol. The van der Waals surface area contributed by atoms with Crippen LogP contribution in [0, 0.1) is 0 Å². The van der Waals surface area contributed by atoms with Crippen molar-refractivity contribution in [2.75, 3.05) is 0 Å². The molecule has 0 aliphatic heterocycles. The van der Waals surface area contributed by atoms with Crippen molar-refractivity contribution in [1.82, 2.24) is 0 Å². The summed E-state index contributed by atoms with van der Waals surface area (Å²) < 4.78 is 487. The zero-order valence-corrected chi connectivity index (χ0v) is 42.4. The molecule has 1 aromatic heterocycles. The van der Waals surface area contributed by atoms with Crippen LogP contribution in [0.3, 0.4) is 0 Å². The summed E-state index contributed by atoms with van der Waals surface area (Å²) >= 11 is 0. The highest BCUT2D eigenvalue weighted by atomic mass is 16.3. The van der Waals surface area contributed by atoms with E-state index in [1.807, 2.05) is 0 Å². The van der Waals surface area contributed by atoms with Crippen LogP contribution in [0.1, 0.15) is 74.0 Å². The van der Waals surface area contributed by atoms with Gasteiger partial charge in [-0.1, -0.05) is 314 Å². The van der Waals surface area contributed by atoms with Gasteiger partial charge in [0.2, 0.25) is 0 Å². The first-order chi connectivity index (χ1) is 64.7. The van der Waals surface area contributed by atoms with Gasteiger partial charge in [0, 0.05) is 21.9 Å². The van der Waals surface area contributed by atoms with E-state index in [2.05, 4.69) is 0 Å². The van der Waals surface area contributed by atoms with E-state index in [0.29, 0.717) is 0 Å². The van der Waals surface area contributed by atoms with E-state index in [1.54, 1.807) is 0 Å². The third kappa shape index (κ3) is 8.55. The molecule has 16 aromatic carbocycles. The largest absolute Gasteiger partial charge is 0.455 e. The van der Waals surface area contributed by atoms with Crippen molar-refractivity contribution in [3.8, 4) is 77.9 Å². The van der Waals surface area contributed by atoms with Gasteiger partial charge >= 0.3 is 0 Å². The second kappa shape index (κ2) is 21.0. The van der Waals surface area contributed by atoms with Crippen molar-refractivity contribution >= 4 is 86.6 Å². The summed E-state index contributed by atoms with van der Waals surface area (Å²) in [6.45, 7) is 0. The Morgan fingerprint density at radius 2 is 0.541 bits per heavy atom. The minimum absolute atomic E-state index is 0.425. The smallest absolute Gasteiger partial charge is 0.143 e. The van der Waals surface area contributed by atoms with Gasteiger partial charge in [0.05, 0.1) is 74.0 Å². The summed E-state index contributed by atoms with van der Waals surface area (Å²) in [5.41, 5.74) is -12.1. The molecule has 0 saturated heterocycles. The summed E-state index contributed by atoms with van der Waals surface area (Å²) in [5, 5.41) is -9.60. The number of furan rings is 1. The maximum absolute atomic E-state index is 9.69. The van der Waals surface area contributed by atoms with Gasteiger partial charge in [-0.3, -0.25) is 0 Å². The Morgan fingerprint density at radius 1 is 0.188 bits per heavy atom. The summed E-state index contributed by atoms with van der Waals surface area (Å²) in [7, 11) is 0. The molecular formula is C84H54O. The zero-order valence-electron chi connectivity index (χ0n) is 96.4. The highest BCUT2D eigenvalue weighted by Gasteiger charge is 2.22. The number of para-hydroxylation sites is 2. The molecular weight excluding hydrogens is 1020 g/mol. The van der Waals surface area contributed by atoms with E-state index < -0.39 is 491 Å². The second-order valence-electron chi connectivity index (χ2n) is 18.0. The monoisotopic (exact) mass is 1130 g/mol. The molecule has 1 heterocycles. The third-order valence-electron chi connectivity index (χ3n) is 13.5. The Bertz CT molecular complexity index is 8520. The van der Waals surface area contributed by atoms with Crippen molar-refractivity contribution < 1.29 is 78.4 Å². The van der Waals surface area contributed by atoms with Gasteiger partial charge in [0.15, 0.2) is 0 Å². The highest BCUT2D eigenvalue weighted by Crippen LogP contribution is 2.49. The van der Waals surface area contributed by atoms with Crippen LogP contribution in [0.25, 0.3) is 164 Å². The van der Waals surface area contributed by atoms with Crippen LogP contribution in [-0.2, 0) is 0 Å². The van der Waals surface area contributed by atoms with Crippen molar-refractivity contribution in [1.29, 1.82) is 0 Å². The molecule has 85 heavy (non-hydrogen) atoms. The molecule has 1 nitrogen and oxygen atoms in total. The predicted molar refractivity (Wildman–Crippen MR) is 363 cm³/mol. The summed E-state index contributed by atoms with van der Waals surface area (Å²) in [6, 6.07) is -51.5. The van der Waals surface area contributed by atoms with Crippen LogP contribution in [0.2, 0.25) is 0 Å². The highest BCUT2D eigenvalue weighted by molar-refractivity contribution is 6.27. The molecule has 0 N–H and O–H groups in total. The maximum Gasteiger partial charge on any atom is 0.143 e. The van der Waals surface area contributed by atoms with Crippen molar-refractivity contribution in [2.45, 2.75) is 0 Å². The molecule has 0 spiro atoms. The van der Waals surface area contributed by atoms with Crippen LogP contribution in [-0.4, -0.2) is 0 Å². The summed E-state index contributed by atoms with van der Waals surface area (Å²) in [6.07, 6.45) is 0. The van der Waals surface area contributed by atoms with Crippen LogP contribution in [0.5, 0.6) is 0 Å². The lowest BCUT2D eigenvalue weighted by Gasteiger charge is -2.19. The van der Waals surface area contributed by atoms with Gasteiger partial charge in [0.25, 0.3) is 0 Å². The summed E-state index contributed by atoms with van der Waals surface area (Å²) in [5.74, 6) is 0. The zero-order chi connectivity index (χ0) is 103. The Kier molecular flexibility index (Phi) is 4.75. The number of fused-ring (bicyclic) bond motifs is 9. The molecule has 1 heteroatoms. The lowest BCUT2D eigenvalue weighted by atomic mass is 9.83. The van der Waals surface area contributed by atoms with E-state index in [4.69, 9.17) is 52.4 Å². The van der Waals surface area contributed by atoms with Gasteiger partial charge in [-0.2, -0.15) is 0 Å². The molecule has 0 bridgehead atoms. The topological polar surface area (TPSA) is 13.1 Å². The normalized spacial score (nSPS) is 20.4. The maximum atomic E-state index is 9.69. The lowest BCUT2D eigenvalue weighted by Crippen LogP contribution is -1.92. The quantitative estimate of drug-likeness (QED) is 0.145. The van der Waals surface area contributed by atoms with Crippen LogP contribution in [0.15, 0.2) is 331 Å². The molecule has 0 saturated carbocycles. The van der Waals surface area contributed by atoms with Gasteiger partial charge in [0.1, 0.15) is 11.2 Å². The number of hydrogen-bond acceptors (Lipinski definition) is 1. The van der Waals surface area contributed by atoms with Crippen LogP contribution in [0.4, 0.5) is 0 Å². The second-order valence-corrected chi connectivity index (χ2v) is 18.0. The number of benzene rings is 16. The fourth-order valence-corrected chi connectivity index (χ4v) is 9.97. The van der Waals surface area contributed by atoms with E-state index >= 15 is 0 Å². The Morgan fingerprint density at radius 3 is 1.15 bits per heavy atom. The van der Waals surface area contributed by atoms with Gasteiger partial charge in [-0.25, -0.2) is 0 Å². The van der Waals surface area contributed by atoms with E-state index in [-0.39, 0.29) is 0 Å². The molecule has 0 atom stereocenters. The Balaban J connectivity index is 0.000000201. The minimum Gasteiger partial charge on any atom is -0.455 e. The molecule has 0 fully saturated rings. The lowest BCUT2D eigenvalue weighted by molar-refractivity contribution is 0.670. The van der Waals surface area contributed by atoms with Gasteiger partial charge in [-0.15, -0.1) is 0 Å². The van der Waals surface area contributed by atoms with Gasteiger partial charge in [-0.05, 0) is 143 Å². The fourth-order valence-electron chi connectivity index (χ4n) is 9.97. The van der Waals surface area contributed by atoms with Crippen LogP contribution >= 0.6 is 0 Å². The minimum atomic E-state index is -1.11. The third-order valence-corrected chi connectivity index (χ3v) is 13.5. The van der Waals surface area contributed by atoms with E-state index in [0.717, 1.165) is 0 Å². The first kappa shape index (κ1) is 19.2. The van der Waals surface area contributed by atoms with Crippen molar-refractivity contribution in [2.24, 2.45) is 0 Å². The Hall–Kier alpha value is -11.1. The molecule has 0 radical (unpaired) electrons. The number of hydrogen-bond donors (Lipinski definition) is 0. The standard InChI is InChI=1S/C42H26O.C42H28/c1-2-13-27(14-3-1)28-25-26-36(30-16-5-4-15-29(28)30)40-32-18-6-8-20-34(32)41(35-21-9-7-19-33(35)40)38-23-12-22-37-31-17-10-11-24-39(31)43-42(37)38;1-2-12-29(13-3-1)33-16-10-17-34(28-33)42-39-21-8-6-19-37(39)41(38-20-7-9-22-40(38)42)32-26-24-31(25-27-32)36-23-11-15-30-14-4-5-18-35(30)36/h1-26H;1-28H/i1D,2D,3D,4D,5D,6D,7D,8D,9D,10D,11D,12D,13D,14D,15D,16D,17D,18D,19D,20D,21D,22D,23D,24D,25D,26D;1D,2D,3D,4D,5D,6D,7D,8D,9D,10D,11D,12D,13D,14D,15D,16D,17D,18D,19D,20D,21D,22D,23D,24D,25D,26D,27D,28D. The van der Waals surface area contributed by atoms with Gasteiger partial charge < -0.3 is 4.42 Å². The number of rotatable bonds is 7. The SMILES string of the molecule is [2H]c1c([2H])c([2H])c(-c2c([2H])c([2H])c(-c3c4c([2H])c([2H])c([2H])c([2H])c4c(-c4c([2H])c([2H])c([2H])c5c4oc4c([2H])c([2H])c([2H])c([2H])c45)c4c([2H])c([2H])c([2H])c([2H])c34)c3c([2H])c([2H])c([2H])c([2H])c23)c([2H])c1[2H].[2H]c1c([2H])c([2H])c(-c2c([2H])c([2H])c([2H])c(-c3c4c([2H])c([2H])c([2H])c([2H])c4c(-c4c([2H])c([2H])c(-c5c([2H])c([2H])c([2H])c6c([2H])c([2H])c([2H])c([2H])c56)c([2H])c4[2H])c4c([2H])c([2H])c([2H])c([2H])c34)c2[2H])c([2H])c1[2H]. The fraction of sp³-hybridized carbons (Fsp3) is 0. The van der Waals surface area contributed by atoms with Crippen LogP contribution < -0.4 is 0 Å². The molecule has 17 rings (SSSR count). The molecule has 0 unspecified atom stereocenters. The molecule has 17 aromatic rings. The molecule has 0 amide bonds. The van der Waals surface area contributed by atoms with E-state index in [9.17, 15) is 26.0 Å². The molecule has 0 aliphatic rings.